The van der Waals surface area contributed by atoms with Crippen molar-refractivity contribution in [2.75, 3.05) is 0 Å². The first-order chi connectivity index (χ1) is 5.66. The maximum atomic E-state index is 11.0. The summed E-state index contributed by atoms with van der Waals surface area (Å²) in [6.07, 6.45) is 0. The minimum absolute atomic E-state index is 0.0860. The van der Waals surface area contributed by atoms with Gasteiger partial charge in [-0.1, -0.05) is 11.3 Å². The Hall–Kier alpha value is -0.870. The molecule has 12 heavy (non-hydrogen) atoms. The van der Waals surface area contributed by atoms with E-state index in [0.717, 1.165) is 14.3 Å². The van der Waals surface area contributed by atoms with Crippen molar-refractivity contribution in [3.8, 4) is 5.06 Å². The summed E-state index contributed by atoms with van der Waals surface area (Å²) in [6, 6.07) is 3.52. The average molecular weight is 198 g/mol. The van der Waals surface area contributed by atoms with Crippen LogP contribution in [0.3, 0.4) is 0 Å². The number of carbonyl (C=O) groups is 1. The van der Waals surface area contributed by atoms with E-state index in [1.807, 2.05) is 6.07 Å². The number of carbonyl (C=O) groups excluding carboxylic acids is 1. The van der Waals surface area contributed by atoms with Crippen LogP contribution in [0.4, 0.5) is 0 Å². The molecule has 0 radical (unpaired) electrons. The standard InChI is InChI=1S/C8H6O2S2/c1-4(9)5-2-6-7(11-5)3-8(10)12-6/h2-3,10H,1H3. The molecule has 0 fully saturated rings. The summed E-state index contributed by atoms with van der Waals surface area (Å²) in [5.41, 5.74) is 0. The SMILES string of the molecule is CC(=O)c1cc2sc(O)cc2s1. The summed E-state index contributed by atoms with van der Waals surface area (Å²) < 4.78 is 1.98. The molecule has 62 valence electrons. The Morgan fingerprint density at radius 1 is 1.33 bits per heavy atom. The minimum atomic E-state index is 0.0860. The maximum Gasteiger partial charge on any atom is 0.173 e. The molecule has 0 aliphatic carbocycles. The van der Waals surface area contributed by atoms with Gasteiger partial charge in [-0.05, 0) is 13.0 Å². The van der Waals surface area contributed by atoms with Crippen LogP contribution in [0.2, 0.25) is 0 Å². The van der Waals surface area contributed by atoms with Gasteiger partial charge < -0.3 is 5.11 Å². The van der Waals surface area contributed by atoms with Crippen LogP contribution < -0.4 is 0 Å². The van der Waals surface area contributed by atoms with E-state index in [1.165, 1.54) is 22.7 Å². The monoisotopic (exact) mass is 198 g/mol. The summed E-state index contributed by atoms with van der Waals surface area (Å²) >= 11 is 2.73. The van der Waals surface area contributed by atoms with Gasteiger partial charge in [0.1, 0.15) is 0 Å². The van der Waals surface area contributed by atoms with Crippen molar-refractivity contribution in [3.05, 3.63) is 17.0 Å². The molecule has 2 rings (SSSR count). The van der Waals surface area contributed by atoms with Crippen molar-refractivity contribution >= 4 is 37.9 Å². The third-order valence-electron chi connectivity index (χ3n) is 1.54. The van der Waals surface area contributed by atoms with Gasteiger partial charge in [-0.15, -0.1) is 11.3 Å². The molecule has 2 nitrogen and oxygen atoms in total. The molecule has 0 amide bonds. The lowest BCUT2D eigenvalue weighted by molar-refractivity contribution is 0.102. The number of Topliss-reactive ketones (excluding diaryl/α,β-unsaturated/α-hetero) is 1. The van der Waals surface area contributed by atoms with Gasteiger partial charge in [0.2, 0.25) is 0 Å². The Morgan fingerprint density at radius 3 is 2.58 bits per heavy atom. The predicted octanol–water partition coefficient (Wildman–Crippen LogP) is 2.87. The van der Waals surface area contributed by atoms with E-state index in [9.17, 15) is 4.79 Å². The van der Waals surface area contributed by atoms with Crippen molar-refractivity contribution < 1.29 is 9.90 Å². The molecule has 2 heterocycles. The highest BCUT2D eigenvalue weighted by Gasteiger charge is 2.08. The lowest BCUT2D eigenvalue weighted by Crippen LogP contribution is -1.83. The Kier molecular flexibility index (Phi) is 1.66. The summed E-state index contributed by atoms with van der Waals surface area (Å²) in [6.45, 7) is 1.55. The third-order valence-corrected chi connectivity index (χ3v) is 3.74. The van der Waals surface area contributed by atoms with Crippen molar-refractivity contribution in [1.82, 2.24) is 0 Å². The molecule has 0 bridgehead atoms. The summed E-state index contributed by atoms with van der Waals surface area (Å²) in [5.74, 6) is 0.0860. The highest BCUT2D eigenvalue weighted by Crippen LogP contribution is 2.36. The highest BCUT2D eigenvalue weighted by molar-refractivity contribution is 7.29. The molecule has 4 heteroatoms. The molecule has 0 saturated heterocycles. The summed E-state index contributed by atoms with van der Waals surface area (Å²) in [7, 11) is 0. The maximum absolute atomic E-state index is 11.0. The Balaban J connectivity index is 2.64. The van der Waals surface area contributed by atoms with Gasteiger partial charge in [0.05, 0.1) is 4.88 Å². The van der Waals surface area contributed by atoms with E-state index in [2.05, 4.69) is 0 Å². The number of aromatic hydroxyl groups is 1. The third kappa shape index (κ3) is 1.13. The molecule has 2 aromatic heterocycles. The molecule has 0 spiro atoms. The fraction of sp³-hybridized carbons (Fsp3) is 0.125. The van der Waals surface area contributed by atoms with Crippen molar-refractivity contribution in [2.24, 2.45) is 0 Å². The zero-order chi connectivity index (χ0) is 8.72. The van der Waals surface area contributed by atoms with Crippen LogP contribution in [-0.4, -0.2) is 10.9 Å². The fourth-order valence-electron chi connectivity index (χ4n) is 0.997. The molecular formula is C8H6O2S2. The smallest absolute Gasteiger partial charge is 0.173 e. The van der Waals surface area contributed by atoms with E-state index < -0.39 is 0 Å². The second-order valence-electron chi connectivity index (χ2n) is 2.48. The highest BCUT2D eigenvalue weighted by atomic mass is 32.1. The van der Waals surface area contributed by atoms with E-state index in [1.54, 1.807) is 13.0 Å². The van der Waals surface area contributed by atoms with Crippen LogP contribution >= 0.6 is 22.7 Å². The van der Waals surface area contributed by atoms with Gasteiger partial charge in [0.15, 0.2) is 10.8 Å². The van der Waals surface area contributed by atoms with Crippen molar-refractivity contribution in [2.45, 2.75) is 6.92 Å². The van der Waals surface area contributed by atoms with Gasteiger partial charge in [-0.2, -0.15) is 0 Å². The number of fused-ring (bicyclic) bond motifs is 1. The lowest BCUT2D eigenvalue weighted by atomic mass is 10.3. The lowest BCUT2D eigenvalue weighted by Gasteiger charge is -1.82. The molecule has 0 saturated carbocycles. The molecular weight excluding hydrogens is 192 g/mol. The largest absolute Gasteiger partial charge is 0.499 e. The predicted molar refractivity (Wildman–Crippen MR) is 51.4 cm³/mol. The zero-order valence-corrected chi connectivity index (χ0v) is 7.96. The number of hydrogen-bond acceptors (Lipinski definition) is 4. The first kappa shape index (κ1) is 7.76. The Bertz CT molecular complexity index is 407. The van der Waals surface area contributed by atoms with Crippen LogP contribution in [-0.2, 0) is 0 Å². The first-order valence-electron chi connectivity index (χ1n) is 3.40. The van der Waals surface area contributed by atoms with E-state index in [4.69, 9.17) is 5.11 Å². The second-order valence-corrected chi connectivity index (χ2v) is 4.63. The fourth-order valence-corrected chi connectivity index (χ4v) is 3.02. The van der Waals surface area contributed by atoms with Gasteiger partial charge in [-0.3, -0.25) is 4.79 Å². The molecule has 0 aliphatic heterocycles. The minimum Gasteiger partial charge on any atom is -0.499 e. The topological polar surface area (TPSA) is 37.3 Å². The quantitative estimate of drug-likeness (QED) is 0.715. The molecule has 0 atom stereocenters. The number of thiophene rings is 2. The van der Waals surface area contributed by atoms with Gasteiger partial charge in [0, 0.05) is 15.5 Å². The van der Waals surface area contributed by atoms with E-state index >= 15 is 0 Å². The molecule has 0 aromatic carbocycles. The van der Waals surface area contributed by atoms with Crippen LogP contribution in [0.25, 0.3) is 9.40 Å². The molecule has 1 N–H and O–H groups in total. The van der Waals surface area contributed by atoms with Crippen LogP contribution in [0.15, 0.2) is 12.1 Å². The Labute approximate surface area is 77.1 Å². The van der Waals surface area contributed by atoms with Gasteiger partial charge in [-0.25, -0.2) is 0 Å². The first-order valence-corrected chi connectivity index (χ1v) is 5.03. The molecule has 2 aromatic rings. The van der Waals surface area contributed by atoms with Gasteiger partial charge in [0.25, 0.3) is 0 Å². The van der Waals surface area contributed by atoms with Crippen LogP contribution in [0.1, 0.15) is 16.6 Å². The second kappa shape index (κ2) is 2.57. The van der Waals surface area contributed by atoms with Crippen molar-refractivity contribution in [3.63, 3.8) is 0 Å². The van der Waals surface area contributed by atoms with E-state index in [0.29, 0.717) is 5.06 Å². The van der Waals surface area contributed by atoms with Gasteiger partial charge >= 0.3 is 0 Å². The van der Waals surface area contributed by atoms with Crippen molar-refractivity contribution in [1.29, 1.82) is 0 Å². The normalized spacial score (nSPS) is 10.8. The molecule has 0 unspecified atom stereocenters. The number of hydrogen-bond donors (Lipinski definition) is 1. The molecule has 0 aliphatic rings. The Morgan fingerprint density at radius 2 is 2.00 bits per heavy atom. The van der Waals surface area contributed by atoms with Crippen LogP contribution in [0.5, 0.6) is 5.06 Å². The van der Waals surface area contributed by atoms with Crippen LogP contribution in [0, 0.1) is 0 Å². The zero-order valence-electron chi connectivity index (χ0n) is 6.33. The summed E-state index contributed by atoms with van der Waals surface area (Å²) in [5, 5.41) is 9.43. The van der Waals surface area contributed by atoms with E-state index in [-0.39, 0.29) is 5.78 Å². The number of rotatable bonds is 1. The number of ketones is 1. The average Bonchev–Trinajstić information content (AvgIpc) is 2.42. The summed E-state index contributed by atoms with van der Waals surface area (Å²) in [4.78, 5) is 11.7.